The van der Waals surface area contributed by atoms with Crippen LogP contribution in [0.1, 0.15) is 54.5 Å². The van der Waals surface area contributed by atoms with Gasteiger partial charge in [-0.2, -0.15) is 0 Å². The van der Waals surface area contributed by atoms with Gasteiger partial charge in [0.05, 0.1) is 0 Å². The van der Waals surface area contributed by atoms with Crippen LogP contribution in [0.5, 0.6) is 0 Å². The Morgan fingerprint density at radius 3 is 2.24 bits per heavy atom. The van der Waals surface area contributed by atoms with Crippen molar-refractivity contribution in [3.8, 4) is 0 Å². The summed E-state index contributed by atoms with van der Waals surface area (Å²) in [7, 11) is 0. The van der Waals surface area contributed by atoms with Crippen molar-refractivity contribution in [3.05, 3.63) is 53.6 Å². The molecule has 1 aromatic rings. The van der Waals surface area contributed by atoms with Gasteiger partial charge in [0.25, 0.3) is 0 Å². The number of hydrogen-bond acceptors (Lipinski definition) is 2. The summed E-state index contributed by atoms with van der Waals surface area (Å²) in [5.41, 5.74) is 9.42. The van der Waals surface area contributed by atoms with Crippen molar-refractivity contribution in [1.29, 1.82) is 0 Å². The molecule has 1 atom stereocenters. The third kappa shape index (κ3) is 8.36. The molecule has 0 amide bonds. The Balaban J connectivity index is 0. The third-order valence-electron chi connectivity index (χ3n) is 3.06. The molecule has 1 saturated heterocycles. The van der Waals surface area contributed by atoms with Crippen molar-refractivity contribution in [2.24, 2.45) is 5.73 Å². The first-order valence-electron chi connectivity index (χ1n) is 8.23. The predicted octanol–water partition coefficient (Wildman–Crippen LogP) is 4.98. The molecule has 0 radical (unpaired) electrons. The molecular formula is C19H34N2. The molecule has 1 aliphatic heterocycles. The lowest BCUT2D eigenvalue weighted by Crippen LogP contribution is -1.96. The lowest BCUT2D eigenvalue weighted by molar-refractivity contribution is 0.865. The quantitative estimate of drug-likeness (QED) is 0.593. The van der Waals surface area contributed by atoms with Crippen molar-refractivity contribution in [1.82, 2.24) is 5.32 Å². The summed E-state index contributed by atoms with van der Waals surface area (Å²) < 4.78 is 0. The average Bonchev–Trinajstić information content (AvgIpc) is 3.39. The second kappa shape index (κ2) is 12.2. The number of nitrogens with two attached hydrogens (primary N) is 1. The number of allylic oxidation sites excluding steroid dienone is 2. The smallest absolute Gasteiger partial charge is 0.0387 e. The van der Waals surface area contributed by atoms with Crippen LogP contribution in [0.25, 0.3) is 5.70 Å². The summed E-state index contributed by atoms with van der Waals surface area (Å²) >= 11 is 0. The van der Waals surface area contributed by atoms with Gasteiger partial charge in [0, 0.05) is 19.7 Å². The molecule has 0 aliphatic carbocycles. The molecule has 2 rings (SSSR count). The molecule has 1 unspecified atom stereocenters. The first-order valence-corrected chi connectivity index (χ1v) is 8.23. The average molecular weight is 290 g/mol. The zero-order chi connectivity index (χ0) is 16.1. The molecule has 0 spiro atoms. The Kier molecular flexibility index (Phi) is 11.3. The van der Waals surface area contributed by atoms with E-state index in [2.05, 4.69) is 18.3 Å². The summed E-state index contributed by atoms with van der Waals surface area (Å²) in [6, 6.07) is 10.8. The normalized spacial score (nSPS) is 17.1. The molecular weight excluding hydrogens is 256 g/mol. The molecule has 1 aliphatic rings. The van der Waals surface area contributed by atoms with Gasteiger partial charge < -0.3 is 11.1 Å². The predicted molar refractivity (Wildman–Crippen MR) is 98.2 cm³/mol. The first kappa shape index (κ1) is 19.5. The van der Waals surface area contributed by atoms with Gasteiger partial charge in [0.1, 0.15) is 0 Å². The van der Waals surface area contributed by atoms with E-state index in [9.17, 15) is 0 Å². The number of rotatable bonds is 5. The first-order chi connectivity index (χ1) is 10.3. The van der Waals surface area contributed by atoms with Crippen LogP contribution in [0.3, 0.4) is 0 Å². The van der Waals surface area contributed by atoms with E-state index in [1.165, 1.54) is 5.57 Å². The maximum Gasteiger partial charge on any atom is 0.0387 e. The van der Waals surface area contributed by atoms with Gasteiger partial charge in [-0.25, -0.2) is 0 Å². The highest BCUT2D eigenvalue weighted by atomic mass is 15.1. The Bertz CT molecular complexity index is 420. The minimum Gasteiger partial charge on any atom is -0.398 e. The third-order valence-corrected chi connectivity index (χ3v) is 3.06. The van der Waals surface area contributed by atoms with E-state index in [0.29, 0.717) is 6.04 Å². The monoisotopic (exact) mass is 290 g/mol. The molecule has 21 heavy (non-hydrogen) atoms. The Labute approximate surface area is 132 Å². The summed E-state index contributed by atoms with van der Waals surface area (Å²) in [6.07, 6.45) is 6.44. The van der Waals surface area contributed by atoms with Crippen molar-refractivity contribution < 1.29 is 1.43 Å². The fourth-order valence-corrected chi connectivity index (χ4v) is 1.81. The Morgan fingerprint density at radius 1 is 1.19 bits per heavy atom. The van der Waals surface area contributed by atoms with Gasteiger partial charge in [0.15, 0.2) is 0 Å². The van der Waals surface area contributed by atoms with Gasteiger partial charge in [-0.05, 0) is 24.5 Å². The molecule has 2 heteroatoms. The lowest BCUT2D eigenvalue weighted by Gasteiger charge is -2.02. The van der Waals surface area contributed by atoms with Crippen LogP contribution in [0.4, 0.5) is 0 Å². The largest absolute Gasteiger partial charge is 0.398 e. The van der Waals surface area contributed by atoms with Crippen LogP contribution >= 0.6 is 0 Å². The number of benzene rings is 1. The molecule has 3 N–H and O–H groups in total. The van der Waals surface area contributed by atoms with E-state index in [0.717, 1.165) is 30.6 Å². The highest BCUT2D eigenvalue weighted by Gasteiger charge is 2.20. The van der Waals surface area contributed by atoms with E-state index in [1.54, 1.807) is 0 Å². The number of hydrogen-bond donors (Lipinski definition) is 2. The van der Waals surface area contributed by atoms with Gasteiger partial charge in [-0.1, -0.05) is 76.6 Å². The second-order valence-corrected chi connectivity index (χ2v) is 4.48. The maximum atomic E-state index is 6.05. The van der Waals surface area contributed by atoms with Gasteiger partial charge in [-0.15, -0.1) is 0 Å². The molecule has 2 nitrogen and oxygen atoms in total. The van der Waals surface area contributed by atoms with Crippen molar-refractivity contribution in [3.63, 3.8) is 0 Å². The van der Waals surface area contributed by atoms with E-state index < -0.39 is 0 Å². The van der Waals surface area contributed by atoms with Crippen molar-refractivity contribution in [2.75, 3.05) is 6.54 Å². The summed E-state index contributed by atoms with van der Waals surface area (Å²) in [5.74, 6) is 0. The van der Waals surface area contributed by atoms with Gasteiger partial charge >= 0.3 is 0 Å². The Hall–Kier alpha value is -1.54. The lowest BCUT2D eigenvalue weighted by atomic mass is 10.1. The van der Waals surface area contributed by atoms with Crippen molar-refractivity contribution >= 4 is 5.70 Å². The van der Waals surface area contributed by atoms with E-state index >= 15 is 0 Å². The fraction of sp³-hybridized carbons (Fsp3) is 0.474. The topological polar surface area (TPSA) is 48.0 Å². The Morgan fingerprint density at radius 2 is 1.76 bits per heavy atom. The van der Waals surface area contributed by atoms with Crippen LogP contribution in [0.15, 0.2) is 48.1 Å². The summed E-state index contributed by atoms with van der Waals surface area (Å²) in [6.45, 7) is 11.4. The van der Waals surface area contributed by atoms with E-state index in [4.69, 9.17) is 5.73 Å². The highest BCUT2D eigenvalue weighted by molar-refractivity contribution is 5.64. The zero-order valence-electron chi connectivity index (χ0n) is 14.3. The molecule has 120 valence electrons. The van der Waals surface area contributed by atoms with Gasteiger partial charge in [-0.3, -0.25) is 0 Å². The van der Waals surface area contributed by atoms with E-state index in [1.807, 2.05) is 64.1 Å². The minimum atomic E-state index is 0. The molecule has 1 fully saturated rings. The van der Waals surface area contributed by atoms with Crippen LogP contribution in [-0.4, -0.2) is 12.6 Å². The molecule has 0 aromatic heterocycles. The van der Waals surface area contributed by atoms with Crippen LogP contribution in [0, 0.1) is 0 Å². The molecule has 1 aromatic carbocycles. The van der Waals surface area contributed by atoms with Crippen LogP contribution < -0.4 is 11.1 Å². The standard InChI is InChI=1S/C15H20N2.2C2H6.H2/c1-2-12(10-14-11-17-14)8-9-15(16)13-6-4-3-5-7-13;2*1-2;/h3-9,14,17H,2,10-11,16H2,1H3;2*1-2H3;1H/b12-8+,15-9-;;;. The molecule has 0 saturated carbocycles. The summed E-state index contributed by atoms with van der Waals surface area (Å²) in [5, 5.41) is 3.33. The van der Waals surface area contributed by atoms with Crippen LogP contribution in [-0.2, 0) is 0 Å². The SMILES string of the molecule is CC.CC.CC/C(=C\C=C(/N)c1ccccc1)CC1CN1.[HH]. The fourth-order valence-electron chi connectivity index (χ4n) is 1.81. The zero-order valence-corrected chi connectivity index (χ0v) is 14.3. The number of nitrogens with one attached hydrogen (secondary N) is 1. The molecule has 0 bridgehead atoms. The minimum absolute atomic E-state index is 0. The summed E-state index contributed by atoms with van der Waals surface area (Å²) in [4.78, 5) is 0. The highest BCUT2D eigenvalue weighted by Crippen LogP contribution is 2.16. The van der Waals surface area contributed by atoms with Crippen LogP contribution in [0.2, 0.25) is 0 Å². The van der Waals surface area contributed by atoms with Gasteiger partial charge in [0.2, 0.25) is 0 Å². The maximum absolute atomic E-state index is 6.05. The van der Waals surface area contributed by atoms with E-state index in [-0.39, 0.29) is 1.43 Å². The van der Waals surface area contributed by atoms with Crippen molar-refractivity contribution in [2.45, 2.75) is 53.5 Å². The molecule has 1 heterocycles. The second-order valence-electron chi connectivity index (χ2n) is 4.48.